The van der Waals surface area contributed by atoms with Crippen molar-refractivity contribution in [2.24, 2.45) is 0 Å². The van der Waals surface area contributed by atoms with Crippen molar-refractivity contribution in [3.05, 3.63) is 78.0 Å². The van der Waals surface area contributed by atoms with Gasteiger partial charge in [0.25, 0.3) is 0 Å². The predicted octanol–water partition coefficient (Wildman–Crippen LogP) is 4.24. The quantitative estimate of drug-likeness (QED) is 0.564. The summed E-state index contributed by atoms with van der Waals surface area (Å²) in [6.45, 7) is 0.607. The van der Waals surface area contributed by atoms with Crippen molar-refractivity contribution in [1.29, 1.82) is 0 Å². The third-order valence-corrected chi connectivity index (χ3v) is 5.92. The maximum atomic E-state index is 14.2. The van der Waals surface area contributed by atoms with Crippen LogP contribution in [0.25, 0.3) is 11.3 Å². The second-order valence-electron chi connectivity index (χ2n) is 8.13. The summed E-state index contributed by atoms with van der Waals surface area (Å²) in [5, 5.41) is 2.68. The first-order valence-corrected chi connectivity index (χ1v) is 11.0. The number of rotatable bonds is 7. The Morgan fingerprint density at radius 1 is 1.21 bits per heavy atom. The van der Waals surface area contributed by atoms with Gasteiger partial charge in [0, 0.05) is 19.0 Å². The van der Waals surface area contributed by atoms with E-state index in [-0.39, 0.29) is 30.6 Å². The smallest absolute Gasteiger partial charge is 0.407 e. The van der Waals surface area contributed by atoms with Gasteiger partial charge in [-0.15, -0.1) is 0 Å². The number of nitrogens with zero attached hydrogens (tertiary/aromatic N) is 2. The second kappa shape index (κ2) is 10.3. The molecule has 0 spiro atoms. The zero-order chi connectivity index (χ0) is 23.2. The van der Waals surface area contributed by atoms with Crippen molar-refractivity contribution in [2.45, 2.75) is 37.8 Å². The van der Waals surface area contributed by atoms with E-state index >= 15 is 0 Å². The Kier molecular flexibility index (Phi) is 7.02. The van der Waals surface area contributed by atoms with Crippen LogP contribution in [0.1, 0.15) is 36.7 Å². The van der Waals surface area contributed by atoms with E-state index in [1.807, 2.05) is 30.3 Å². The summed E-state index contributed by atoms with van der Waals surface area (Å²) in [6.07, 6.45) is 3.01. The minimum Gasteiger partial charge on any atom is -0.453 e. The van der Waals surface area contributed by atoms with Gasteiger partial charge in [0.2, 0.25) is 5.91 Å². The summed E-state index contributed by atoms with van der Waals surface area (Å²) < 4.78 is 18.9. The number of H-pyrrole nitrogens is 1. The molecule has 1 saturated heterocycles. The molecule has 2 atom stereocenters. The van der Waals surface area contributed by atoms with E-state index in [0.717, 1.165) is 29.9 Å². The van der Waals surface area contributed by atoms with Crippen LogP contribution >= 0.6 is 0 Å². The van der Waals surface area contributed by atoms with E-state index in [2.05, 4.69) is 15.3 Å². The maximum Gasteiger partial charge on any atom is 0.407 e. The van der Waals surface area contributed by atoms with E-state index in [0.29, 0.717) is 12.1 Å². The monoisotopic (exact) mass is 450 g/mol. The number of halogens is 1. The summed E-state index contributed by atoms with van der Waals surface area (Å²) in [4.78, 5) is 34.8. The molecule has 1 aromatic heterocycles. The second-order valence-corrected chi connectivity index (χ2v) is 8.13. The molecule has 2 amide bonds. The highest BCUT2D eigenvalue weighted by molar-refractivity contribution is 5.78. The molecule has 33 heavy (non-hydrogen) atoms. The molecule has 0 saturated carbocycles. The number of hydrogen-bond donors (Lipinski definition) is 2. The van der Waals surface area contributed by atoms with E-state index in [9.17, 15) is 14.0 Å². The molecule has 2 heterocycles. The van der Waals surface area contributed by atoms with Crippen molar-refractivity contribution in [1.82, 2.24) is 20.2 Å². The van der Waals surface area contributed by atoms with Crippen LogP contribution < -0.4 is 5.32 Å². The highest BCUT2D eigenvalue weighted by atomic mass is 19.1. The molecule has 0 unspecified atom stereocenters. The fourth-order valence-electron chi connectivity index (χ4n) is 4.28. The molecule has 3 aromatic rings. The number of hydrogen-bond acceptors (Lipinski definition) is 4. The Morgan fingerprint density at radius 2 is 1.97 bits per heavy atom. The normalized spacial score (nSPS) is 16.4. The Labute approximate surface area is 192 Å². The first-order valence-electron chi connectivity index (χ1n) is 11.0. The Balaban J connectivity index is 1.48. The first kappa shape index (κ1) is 22.5. The molecule has 0 aliphatic carbocycles. The van der Waals surface area contributed by atoms with Crippen molar-refractivity contribution in [3.8, 4) is 11.3 Å². The number of aromatic amines is 1. The van der Waals surface area contributed by atoms with Crippen LogP contribution in [-0.2, 0) is 16.0 Å². The van der Waals surface area contributed by atoms with E-state index in [4.69, 9.17) is 4.74 Å². The van der Waals surface area contributed by atoms with Crippen molar-refractivity contribution in [3.63, 3.8) is 0 Å². The summed E-state index contributed by atoms with van der Waals surface area (Å²) >= 11 is 0. The van der Waals surface area contributed by atoms with Gasteiger partial charge in [0.05, 0.1) is 25.0 Å². The van der Waals surface area contributed by atoms with Crippen LogP contribution in [0.15, 0.2) is 60.8 Å². The first-order chi connectivity index (χ1) is 16.0. The molecule has 1 aliphatic rings. The number of aromatic nitrogens is 2. The summed E-state index contributed by atoms with van der Waals surface area (Å²) in [5.74, 6) is 0.254. The number of methoxy groups -OCH3 is 1. The van der Waals surface area contributed by atoms with Gasteiger partial charge >= 0.3 is 6.09 Å². The van der Waals surface area contributed by atoms with Crippen LogP contribution in [0.5, 0.6) is 0 Å². The van der Waals surface area contributed by atoms with Gasteiger partial charge in [0.1, 0.15) is 11.6 Å². The molecule has 1 aliphatic heterocycles. The third kappa shape index (κ3) is 5.39. The third-order valence-electron chi connectivity index (χ3n) is 5.92. The number of carbonyl (C=O) groups is 2. The predicted molar refractivity (Wildman–Crippen MR) is 122 cm³/mol. The Bertz CT molecular complexity index is 1100. The number of benzene rings is 2. The van der Waals surface area contributed by atoms with Crippen LogP contribution in [0, 0.1) is 5.82 Å². The zero-order valence-corrected chi connectivity index (χ0v) is 18.5. The molecule has 1 fully saturated rings. The average Bonchev–Trinajstić information content (AvgIpc) is 3.51. The van der Waals surface area contributed by atoms with Gasteiger partial charge in [-0.2, -0.15) is 0 Å². The van der Waals surface area contributed by atoms with Gasteiger partial charge in [-0.25, -0.2) is 14.2 Å². The highest BCUT2D eigenvalue weighted by Crippen LogP contribution is 2.32. The van der Waals surface area contributed by atoms with E-state index in [1.54, 1.807) is 29.3 Å². The van der Waals surface area contributed by atoms with Crippen molar-refractivity contribution < 1.29 is 18.7 Å². The largest absolute Gasteiger partial charge is 0.453 e. The van der Waals surface area contributed by atoms with Crippen LogP contribution in [0.4, 0.5) is 9.18 Å². The molecular weight excluding hydrogens is 423 g/mol. The lowest BCUT2D eigenvalue weighted by Crippen LogP contribution is -2.42. The van der Waals surface area contributed by atoms with Crippen molar-refractivity contribution in [2.75, 3.05) is 13.7 Å². The average molecular weight is 451 g/mol. The van der Waals surface area contributed by atoms with Crippen LogP contribution in [0.2, 0.25) is 0 Å². The van der Waals surface area contributed by atoms with Gasteiger partial charge in [0.15, 0.2) is 0 Å². The number of likely N-dealkylation sites (tertiary alicyclic amines) is 1. The lowest BCUT2D eigenvalue weighted by Gasteiger charge is -2.26. The molecular formula is C25H27FN4O3. The molecule has 2 aromatic carbocycles. The number of nitrogens with one attached hydrogen (secondary N) is 2. The summed E-state index contributed by atoms with van der Waals surface area (Å²) in [6, 6.07) is 15.5. The standard InChI is InChI=1S/C25H27FN4O3/c1-33-25(32)28-19(14-18-10-5-6-11-20(18)26)15-23(31)30-13-7-12-22(30)24-27-16-21(29-24)17-8-3-2-4-9-17/h2-6,8-11,16,19,22H,7,12-15H2,1H3,(H,27,29)(H,28,32)/t19-,22+/m1/s1. The number of alkyl carbamates (subject to hydrolysis) is 1. The number of amides is 2. The number of imidazole rings is 1. The minimum atomic E-state index is -0.652. The molecule has 4 rings (SSSR count). The van der Waals surface area contributed by atoms with Crippen molar-refractivity contribution >= 4 is 12.0 Å². The minimum absolute atomic E-state index is 0.0339. The Morgan fingerprint density at radius 3 is 2.73 bits per heavy atom. The molecule has 7 nitrogen and oxygen atoms in total. The number of ether oxygens (including phenoxy) is 1. The van der Waals surface area contributed by atoms with Gasteiger partial charge in [-0.3, -0.25) is 4.79 Å². The van der Waals surface area contributed by atoms with E-state index < -0.39 is 12.1 Å². The fraction of sp³-hybridized carbons (Fsp3) is 0.320. The van der Waals surface area contributed by atoms with E-state index in [1.165, 1.54) is 13.2 Å². The van der Waals surface area contributed by atoms with Crippen LogP contribution in [-0.4, -0.2) is 46.6 Å². The SMILES string of the molecule is COC(=O)N[C@@H](CC(=O)N1CCC[C@H]1c1ncc(-c2ccccc2)[nH]1)Cc1ccccc1F. The lowest BCUT2D eigenvalue weighted by molar-refractivity contribution is -0.132. The fourth-order valence-corrected chi connectivity index (χ4v) is 4.28. The molecule has 8 heteroatoms. The van der Waals surface area contributed by atoms with Gasteiger partial charge in [-0.05, 0) is 36.5 Å². The lowest BCUT2D eigenvalue weighted by atomic mass is 10.0. The highest BCUT2D eigenvalue weighted by Gasteiger charge is 2.33. The Hall–Kier alpha value is -3.68. The summed E-state index contributed by atoms with van der Waals surface area (Å²) in [5.41, 5.74) is 2.36. The van der Waals surface area contributed by atoms with Gasteiger partial charge in [-0.1, -0.05) is 48.5 Å². The topological polar surface area (TPSA) is 87.3 Å². The molecule has 0 radical (unpaired) electrons. The summed E-state index contributed by atoms with van der Waals surface area (Å²) in [7, 11) is 1.26. The molecule has 172 valence electrons. The van der Waals surface area contributed by atoms with Crippen LogP contribution in [0.3, 0.4) is 0 Å². The molecule has 2 N–H and O–H groups in total. The number of carbonyl (C=O) groups excluding carboxylic acids is 2. The molecule has 0 bridgehead atoms. The van der Waals surface area contributed by atoms with Gasteiger partial charge < -0.3 is 19.9 Å². The maximum absolute atomic E-state index is 14.2. The zero-order valence-electron chi connectivity index (χ0n) is 18.5.